The minimum atomic E-state index is -5.02. The van der Waals surface area contributed by atoms with Gasteiger partial charge in [-0.2, -0.15) is 26.3 Å². The van der Waals surface area contributed by atoms with Gasteiger partial charge in [-0.3, -0.25) is 9.69 Å². The zero-order valence-electron chi connectivity index (χ0n) is 17.9. The number of rotatable bonds is 6. The highest BCUT2D eigenvalue weighted by Gasteiger charge is 2.37. The van der Waals surface area contributed by atoms with Crippen LogP contribution in [0.3, 0.4) is 0 Å². The molecule has 180 valence electrons. The number of nitrogens with one attached hydrogen (secondary N) is 1. The molecule has 1 heterocycles. The Labute approximate surface area is 187 Å². The number of hydrogen-bond acceptors (Lipinski definition) is 3. The van der Waals surface area contributed by atoms with Gasteiger partial charge in [0.15, 0.2) is 0 Å². The highest BCUT2D eigenvalue weighted by molar-refractivity contribution is 5.94. The van der Waals surface area contributed by atoms with Crippen molar-refractivity contribution < 1.29 is 35.9 Å². The van der Waals surface area contributed by atoms with Crippen LogP contribution in [0.2, 0.25) is 0 Å². The van der Waals surface area contributed by atoms with Gasteiger partial charge in [0.05, 0.1) is 24.3 Å². The van der Waals surface area contributed by atoms with Crippen LogP contribution in [0.5, 0.6) is 5.75 Å². The van der Waals surface area contributed by atoms with Crippen molar-refractivity contribution in [1.29, 1.82) is 0 Å². The number of alkyl halides is 6. The van der Waals surface area contributed by atoms with Gasteiger partial charge in [-0.05, 0) is 61.8 Å². The summed E-state index contributed by atoms with van der Waals surface area (Å²) in [5.41, 5.74) is -2.88. The Bertz CT molecular complexity index is 919. The molecule has 33 heavy (non-hydrogen) atoms. The number of piperidine rings is 1. The van der Waals surface area contributed by atoms with E-state index in [-0.39, 0.29) is 18.7 Å². The fourth-order valence-electron chi connectivity index (χ4n) is 3.89. The van der Waals surface area contributed by atoms with Gasteiger partial charge in [0.2, 0.25) is 0 Å². The second kappa shape index (κ2) is 10.0. The zero-order valence-corrected chi connectivity index (χ0v) is 17.9. The highest BCUT2D eigenvalue weighted by Crippen LogP contribution is 2.36. The third-order valence-electron chi connectivity index (χ3n) is 5.64. The van der Waals surface area contributed by atoms with Crippen LogP contribution in [0.25, 0.3) is 0 Å². The molecule has 1 aliphatic rings. The van der Waals surface area contributed by atoms with Gasteiger partial charge in [-0.15, -0.1) is 0 Å². The fraction of sp³-hybridized carbons (Fsp3) is 0.435. The van der Waals surface area contributed by atoms with Gasteiger partial charge in [0.1, 0.15) is 5.75 Å². The molecule has 1 saturated heterocycles. The summed E-state index contributed by atoms with van der Waals surface area (Å²) in [4.78, 5) is 14.8. The average Bonchev–Trinajstić information content (AvgIpc) is 2.78. The predicted octanol–water partition coefficient (Wildman–Crippen LogP) is 5.69. The number of amides is 1. The molecule has 3 rings (SSSR count). The van der Waals surface area contributed by atoms with E-state index in [0.717, 1.165) is 37.9 Å². The minimum Gasteiger partial charge on any atom is -0.497 e. The number of carbonyl (C=O) groups excluding carboxylic acids is 1. The largest absolute Gasteiger partial charge is 0.497 e. The summed E-state index contributed by atoms with van der Waals surface area (Å²) in [6.45, 7) is 1.57. The number of carbonyl (C=O) groups is 1. The normalized spacial score (nSPS) is 16.3. The first-order valence-corrected chi connectivity index (χ1v) is 10.4. The third-order valence-corrected chi connectivity index (χ3v) is 5.64. The second-order valence-corrected chi connectivity index (χ2v) is 7.89. The van der Waals surface area contributed by atoms with Crippen molar-refractivity contribution in [1.82, 2.24) is 10.2 Å². The lowest BCUT2D eigenvalue weighted by atomic mass is 10.0. The summed E-state index contributed by atoms with van der Waals surface area (Å²) in [6.07, 6.45) is -7.04. The van der Waals surface area contributed by atoms with Crippen LogP contribution in [-0.2, 0) is 12.4 Å². The Morgan fingerprint density at radius 3 is 1.97 bits per heavy atom. The molecule has 2 aromatic carbocycles. The van der Waals surface area contributed by atoms with Crippen LogP contribution in [0.15, 0.2) is 42.5 Å². The van der Waals surface area contributed by atoms with Crippen LogP contribution >= 0.6 is 0 Å². The molecular weight excluding hydrogens is 450 g/mol. The predicted molar refractivity (Wildman–Crippen MR) is 110 cm³/mol. The van der Waals surface area contributed by atoms with Gasteiger partial charge >= 0.3 is 12.4 Å². The fourth-order valence-corrected chi connectivity index (χ4v) is 3.89. The molecule has 2 aromatic rings. The number of hydrogen-bond donors (Lipinski definition) is 1. The number of benzene rings is 2. The Balaban J connectivity index is 1.84. The number of likely N-dealkylation sites (tertiary alicyclic amines) is 1. The van der Waals surface area contributed by atoms with E-state index in [1.54, 1.807) is 12.1 Å². The third kappa shape index (κ3) is 6.40. The van der Waals surface area contributed by atoms with Crippen LogP contribution in [0, 0.1) is 0 Å². The van der Waals surface area contributed by atoms with E-state index in [4.69, 9.17) is 4.74 Å². The van der Waals surface area contributed by atoms with Crippen molar-refractivity contribution in [3.63, 3.8) is 0 Å². The number of methoxy groups -OCH3 is 1. The molecule has 1 fully saturated rings. The van der Waals surface area contributed by atoms with Crippen LogP contribution < -0.4 is 10.1 Å². The number of nitrogens with zero attached hydrogens (tertiary/aromatic N) is 1. The van der Waals surface area contributed by atoms with E-state index < -0.39 is 35.0 Å². The Morgan fingerprint density at radius 1 is 0.939 bits per heavy atom. The van der Waals surface area contributed by atoms with Gasteiger partial charge in [0.25, 0.3) is 5.91 Å². The molecule has 1 amide bonds. The molecule has 0 aromatic heterocycles. The molecule has 10 heteroatoms. The molecule has 0 unspecified atom stereocenters. The highest BCUT2D eigenvalue weighted by atomic mass is 19.4. The van der Waals surface area contributed by atoms with E-state index in [1.807, 2.05) is 12.1 Å². The molecule has 1 N–H and O–H groups in total. The molecular formula is C23H24F6N2O2. The first-order chi connectivity index (χ1) is 15.5. The molecule has 0 saturated carbocycles. The molecule has 0 bridgehead atoms. The van der Waals surface area contributed by atoms with Crippen molar-refractivity contribution in [2.45, 2.75) is 37.7 Å². The van der Waals surface area contributed by atoms with E-state index in [9.17, 15) is 31.1 Å². The lowest BCUT2D eigenvalue weighted by molar-refractivity contribution is -0.143. The lowest BCUT2D eigenvalue weighted by Crippen LogP contribution is -2.40. The minimum absolute atomic E-state index is 0.00463. The summed E-state index contributed by atoms with van der Waals surface area (Å²) in [5.74, 6) is -0.356. The van der Waals surface area contributed by atoms with Crippen molar-refractivity contribution >= 4 is 5.91 Å². The number of halogens is 6. The summed E-state index contributed by atoms with van der Waals surface area (Å²) < 4.78 is 83.9. The van der Waals surface area contributed by atoms with Crippen LogP contribution in [0.1, 0.15) is 52.4 Å². The first-order valence-electron chi connectivity index (χ1n) is 10.4. The van der Waals surface area contributed by atoms with Crippen LogP contribution in [-0.4, -0.2) is 37.6 Å². The topological polar surface area (TPSA) is 41.6 Å². The van der Waals surface area contributed by atoms with E-state index in [2.05, 4.69) is 10.2 Å². The molecule has 0 radical (unpaired) electrons. The maximum Gasteiger partial charge on any atom is 0.416 e. The maximum atomic E-state index is 13.1. The molecule has 0 spiro atoms. The quantitative estimate of drug-likeness (QED) is 0.547. The molecule has 1 atom stereocenters. The lowest BCUT2D eigenvalue weighted by Gasteiger charge is -2.35. The van der Waals surface area contributed by atoms with Crippen molar-refractivity contribution in [2.24, 2.45) is 0 Å². The Hall–Kier alpha value is -2.75. The van der Waals surface area contributed by atoms with E-state index in [0.29, 0.717) is 17.9 Å². The van der Waals surface area contributed by atoms with Crippen molar-refractivity contribution in [3.8, 4) is 5.75 Å². The van der Waals surface area contributed by atoms with E-state index >= 15 is 0 Å². The summed E-state index contributed by atoms with van der Waals surface area (Å²) in [7, 11) is 1.53. The molecule has 4 nitrogen and oxygen atoms in total. The molecule has 1 aliphatic heterocycles. The summed E-state index contributed by atoms with van der Waals surface area (Å²) in [5, 5.41) is 2.53. The maximum absolute atomic E-state index is 13.1. The smallest absolute Gasteiger partial charge is 0.416 e. The van der Waals surface area contributed by atoms with Gasteiger partial charge in [-0.1, -0.05) is 18.6 Å². The Kier molecular flexibility index (Phi) is 7.56. The monoisotopic (exact) mass is 474 g/mol. The van der Waals surface area contributed by atoms with Crippen molar-refractivity contribution in [3.05, 3.63) is 64.7 Å². The average molecular weight is 474 g/mol. The van der Waals surface area contributed by atoms with E-state index in [1.165, 1.54) is 7.11 Å². The molecule has 0 aliphatic carbocycles. The standard InChI is InChI=1S/C23H24F6N2O2/c1-33-19-7-5-15(6-8-19)20(31-9-3-2-4-10-31)14-30-21(32)16-11-17(22(24,25)26)13-18(12-16)23(27,28)29/h5-8,11-13,20H,2-4,9-10,14H2,1H3,(H,30,32)/t20-/m1/s1. The zero-order chi connectivity index (χ0) is 24.2. The SMILES string of the molecule is COc1ccc([C@@H](CNC(=O)c2cc(C(F)(F)F)cc(C(F)(F)F)c2)N2CCCCC2)cc1. The van der Waals surface area contributed by atoms with Gasteiger partial charge < -0.3 is 10.1 Å². The Morgan fingerprint density at radius 2 is 1.48 bits per heavy atom. The van der Waals surface area contributed by atoms with Crippen LogP contribution in [0.4, 0.5) is 26.3 Å². The summed E-state index contributed by atoms with van der Waals surface area (Å²) >= 11 is 0. The summed E-state index contributed by atoms with van der Waals surface area (Å²) in [6, 6.07) is 7.78. The first kappa shape index (κ1) is 24.9. The van der Waals surface area contributed by atoms with Gasteiger partial charge in [-0.25, -0.2) is 0 Å². The second-order valence-electron chi connectivity index (χ2n) is 7.89. The number of ether oxygens (including phenoxy) is 1. The van der Waals surface area contributed by atoms with Gasteiger partial charge in [0, 0.05) is 12.1 Å². The van der Waals surface area contributed by atoms with Crippen molar-refractivity contribution in [2.75, 3.05) is 26.7 Å².